The van der Waals surface area contributed by atoms with Gasteiger partial charge >= 0.3 is 0 Å². The fourth-order valence-corrected chi connectivity index (χ4v) is 3.67. The number of amides is 1. The molecule has 2 aromatic carbocycles. The second-order valence-corrected chi connectivity index (χ2v) is 7.69. The molecule has 1 amide bonds. The second kappa shape index (κ2) is 7.59. The van der Waals surface area contributed by atoms with E-state index in [2.05, 4.69) is 10.0 Å². The summed E-state index contributed by atoms with van der Waals surface area (Å²) in [5, 5.41) is 2.78. The van der Waals surface area contributed by atoms with E-state index in [4.69, 9.17) is 0 Å². The maximum Gasteiger partial charge on any atom is 0.239 e. The van der Waals surface area contributed by atoms with Gasteiger partial charge in [0.05, 0.1) is 12.3 Å². The topological polar surface area (TPSA) is 75.3 Å². The van der Waals surface area contributed by atoms with Crippen molar-refractivity contribution in [2.75, 3.05) is 11.9 Å². The van der Waals surface area contributed by atoms with Crippen molar-refractivity contribution in [2.45, 2.75) is 26.5 Å². The van der Waals surface area contributed by atoms with E-state index in [-0.39, 0.29) is 18.2 Å². The van der Waals surface area contributed by atoms with E-state index in [0.29, 0.717) is 5.56 Å². The molecule has 2 rings (SSSR count). The summed E-state index contributed by atoms with van der Waals surface area (Å²) < 4.78 is 26.4. The van der Waals surface area contributed by atoms with Crippen LogP contribution in [0.3, 0.4) is 0 Å². The van der Waals surface area contributed by atoms with Crippen LogP contribution in [0.5, 0.6) is 0 Å². The molecule has 0 aliphatic heterocycles. The zero-order valence-corrected chi connectivity index (χ0v) is 14.9. The van der Waals surface area contributed by atoms with Gasteiger partial charge in [-0.3, -0.25) is 4.79 Å². The Kier molecular flexibility index (Phi) is 5.75. The van der Waals surface area contributed by atoms with Crippen LogP contribution in [0.1, 0.15) is 22.3 Å². The maximum atomic E-state index is 12.1. The molecule has 0 aliphatic rings. The number of carbonyl (C=O) groups excluding carboxylic acids is 1. The van der Waals surface area contributed by atoms with Gasteiger partial charge in [-0.05, 0) is 37.5 Å². The van der Waals surface area contributed by atoms with E-state index in [1.54, 1.807) is 24.3 Å². The van der Waals surface area contributed by atoms with Crippen LogP contribution in [-0.4, -0.2) is 20.9 Å². The number of benzene rings is 2. The molecule has 0 unspecified atom stereocenters. The molecule has 0 heterocycles. The third kappa shape index (κ3) is 5.18. The van der Waals surface area contributed by atoms with Gasteiger partial charge in [0.15, 0.2) is 0 Å². The third-order valence-corrected chi connectivity index (χ3v) is 4.89. The molecule has 0 aromatic heterocycles. The summed E-state index contributed by atoms with van der Waals surface area (Å²) in [6.45, 7) is 5.52. The smallest absolute Gasteiger partial charge is 0.239 e. The normalized spacial score (nSPS) is 11.3. The third-order valence-electron chi connectivity index (χ3n) is 3.59. The van der Waals surface area contributed by atoms with Gasteiger partial charge in [0, 0.05) is 5.69 Å². The average Bonchev–Trinajstić information content (AvgIpc) is 2.49. The summed E-state index contributed by atoms with van der Waals surface area (Å²) in [5.41, 5.74) is 4.43. The molecule has 5 nitrogen and oxygen atoms in total. The van der Waals surface area contributed by atoms with E-state index in [0.717, 1.165) is 22.4 Å². The number of hydrogen-bond acceptors (Lipinski definition) is 3. The largest absolute Gasteiger partial charge is 0.324 e. The monoisotopic (exact) mass is 346 g/mol. The van der Waals surface area contributed by atoms with Gasteiger partial charge < -0.3 is 5.32 Å². The van der Waals surface area contributed by atoms with Crippen molar-refractivity contribution >= 4 is 21.6 Å². The van der Waals surface area contributed by atoms with Crippen molar-refractivity contribution in [3.63, 3.8) is 0 Å². The summed E-state index contributed by atoms with van der Waals surface area (Å²) >= 11 is 0. The van der Waals surface area contributed by atoms with E-state index < -0.39 is 10.0 Å². The molecule has 128 valence electrons. The van der Waals surface area contributed by atoms with Gasteiger partial charge in [-0.25, -0.2) is 13.1 Å². The average molecular weight is 346 g/mol. The van der Waals surface area contributed by atoms with Crippen LogP contribution >= 0.6 is 0 Å². The quantitative estimate of drug-likeness (QED) is 0.844. The van der Waals surface area contributed by atoms with Crippen LogP contribution in [0, 0.1) is 20.8 Å². The zero-order chi connectivity index (χ0) is 17.7. The second-order valence-electron chi connectivity index (χ2n) is 5.89. The molecule has 0 fully saturated rings. The van der Waals surface area contributed by atoms with Gasteiger partial charge in [0.25, 0.3) is 0 Å². The molecular weight excluding hydrogens is 324 g/mol. The molecule has 2 N–H and O–H groups in total. The Labute approximate surface area is 143 Å². The molecule has 0 saturated carbocycles. The number of carbonyl (C=O) groups is 1. The number of anilines is 1. The Morgan fingerprint density at radius 2 is 1.58 bits per heavy atom. The van der Waals surface area contributed by atoms with Gasteiger partial charge in [-0.1, -0.05) is 48.0 Å². The standard InChI is InChI=1S/C18H22N2O3S/c1-13-9-14(2)18(15(3)10-13)20-17(21)11-19-24(22,23)12-16-7-5-4-6-8-16/h4-10,19H,11-12H2,1-3H3,(H,20,21). The Hall–Kier alpha value is -2.18. The highest BCUT2D eigenvalue weighted by atomic mass is 32.2. The summed E-state index contributed by atoms with van der Waals surface area (Å²) in [5.74, 6) is -0.536. The Morgan fingerprint density at radius 1 is 1.00 bits per heavy atom. The van der Waals surface area contributed by atoms with Crippen molar-refractivity contribution in [2.24, 2.45) is 0 Å². The van der Waals surface area contributed by atoms with Crippen LogP contribution in [0.25, 0.3) is 0 Å². The van der Waals surface area contributed by atoms with Gasteiger partial charge in [-0.2, -0.15) is 0 Å². The lowest BCUT2D eigenvalue weighted by molar-refractivity contribution is -0.115. The summed E-state index contributed by atoms with van der Waals surface area (Å²) in [4.78, 5) is 12.1. The first-order chi connectivity index (χ1) is 11.3. The molecule has 2 aromatic rings. The maximum absolute atomic E-state index is 12.1. The van der Waals surface area contributed by atoms with E-state index in [9.17, 15) is 13.2 Å². The highest BCUT2D eigenvalue weighted by molar-refractivity contribution is 7.88. The predicted octanol–water partition coefficient (Wildman–Crippen LogP) is 2.67. The number of hydrogen-bond donors (Lipinski definition) is 2. The highest BCUT2D eigenvalue weighted by Crippen LogP contribution is 2.21. The first-order valence-electron chi connectivity index (χ1n) is 7.66. The molecule has 0 bridgehead atoms. The van der Waals surface area contributed by atoms with E-state index in [1.807, 2.05) is 39.0 Å². The SMILES string of the molecule is Cc1cc(C)c(NC(=O)CNS(=O)(=O)Cc2ccccc2)c(C)c1. The van der Waals surface area contributed by atoms with Crippen molar-refractivity contribution in [1.29, 1.82) is 0 Å². The molecule has 0 saturated heterocycles. The van der Waals surface area contributed by atoms with Crippen LogP contribution < -0.4 is 10.0 Å². The number of nitrogens with one attached hydrogen (secondary N) is 2. The fourth-order valence-electron chi connectivity index (χ4n) is 2.58. The molecular formula is C18H22N2O3S. The molecule has 6 heteroatoms. The van der Waals surface area contributed by atoms with Gasteiger partial charge in [-0.15, -0.1) is 0 Å². The van der Waals surface area contributed by atoms with Crippen LogP contribution in [0.15, 0.2) is 42.5 Å². The Bertz CT molecular complexity index is 808. The zero-order valence-electron chi connectivity index (χ0n) is 14.1. The molecule has 0 aliphatic carbocycles. The molecule has 24 heavy (non-hydrogen) atoms. The molecule has 0 atom stereocenters. The van der Waals surface area contributed by atoms with Crippen LogP contribution in [0.2, 0.25) is 0 Å². The first-order valence-corrected chi connectivity index (χ1v) is 9.31. The van der Waals surface area contributed by atoms with Crippen LogP contribution in [0.4, 0.5) is 5.69 Å². The Morgan fingerprint density at radius 3 is 2.17 bits per heavy atom. The lowest BCUT2D eigenvalue weighted by atomic mass is 10.1. The van der Waals surface area contributed by atoms with E-state index >= 15 is 0 Å². The van der Waals surface area contributed by atoms with Crippen molar-refractivity contribution in [3.8, 4) is 0 Å². The lowest BCUT2D eigenvalue weighted by Crippen LogP contribution is -2.33. The summed E-state index contributed by atoms with van der Waals surface area (Å²) in [6.07, 6.45) is 0. The Balaban J connectivity index is 1.96. The molecule has 0 radical (unpaired) electrons. The first kappa shape index (κ1) is 18.2. The summed E-state index contributed by atoms with van der Waals surface area (Å²) in [7, 11) is -3.56. The predicted molar refractivity (Wildman–Crippen MR) is 96.4 cm³/mol. The minimum atomic E-state index is -3.56. The van der Waals surface area contributed by atoms with E-state index in [1.165, 1.54) is 0 Å². The van der Waals surface area contributed by atoms with Crippen LogP contribution in [-0.2, 0) is 20.6 Å². The summed E-state index contributed by atoms with van der Waals surface area (Å²) in [6, 6.07) is 12.8. The molecule has 0 spiro atoms. The van der Waals surface area contributed by atoms with Crippen molar-refractivity contribution < 1.29 is 13.2 Å². The minimum absolute atomic E-state index is 0.149. The van der Waals surface area contributed by atoms with Gasteiger partial charge in [0.1, 0.15) is 0 Å². The van der Waals surface area contributed by atoms with Gasteiger partial charge in [0.2, 0.25) is 15.9 Å². The number of rotatable bonds is 6. The van der Waals surface area contributed by atoms with Crippen molar-refractivity contribution in [3.05, 3.63) is 64.7 Å². The van der Waals surface area contributed by atoms with Crippen molar-refractivity contribution in [1.82, 2.24) is 4.72 Å². The number of sulfonamides is 1. The fraction of sp³-hybridized carbons (Fsp3) is 0.278. The number of aryl methyl sites for hydroxylation is 3. The minimum Gasteiger partial charge on any atom is -0.324 e. The highest BCUT2D eigenvalue weighted by Gasteiger charge is 2.14. The lowest BCUT2D eigenvalue weighted by Gasteiger charge is -2.13.